The number of hydrogen-bond acceptors (Lipinski definition) is 3. The van der Waals surface area contributed by atoms with E-state index in [1.807, 2.05) is 23.1 Å². The van der Waals surface area contributed by atoms with Gasteiger partial charge in [-0.05, 0) is 43.9 Å². The molecular weight excluding hydrogens is 302 g/mol. The van der Waals surface area contributed by atoms with E-state index >= 15 is 0 Å². The molecule has 1 aliphatic carbocycles. The van der Waals surface area contributed by atoms with Gasteiger partial charge in [-0.3, -0.25) is 9.59 Å². The average Bonchev–Trinajstić information content (AvgIpc) is 3.14. The number of nitrogens with two attached hydrogens (primary N) is 1. The number of amides is 2. The van der Waals surface area contributed by atoms with Crippen LogP contribution in [0.15, 0.2) is 30.3 Å². The third-order valence-electron chi connectivity index (χ3n) is 4.45. The predicted molar refractivity (Wildman–Crippen MR) is 86.9 cm³/mol. The van der Waals surface area contributed by atoms with Gasteiger partial charge in [0.2, 0.25) is 5.91 Å². The van der Waals surface area contributed by atoms with Crippen molar-refractivity contribution in [3.8, 4) is 0 Å². The summed E-state index contributed by atoms with van der Waals surface area (Å²) in [6.07, 6.45) is 2.42. The zero-order valence-corrected chi connectivity index (χ0v) is 13.3. The number of hydrogen-bond donors (Lipinski definition) is 2. The molecule has 1 aromatic carbocycles. The number of likely N-dealkylation sites (tertiary alicyclic amines) is 1. The van der Waals surface area contributed by atoms with Crippen LogP contribution in [0.4, 0.5) is 0 Å². The Kier molecular flexibility index (Phi) is 5.08. The minimum Gasteiger partial charge on any atom is -0.340 e. The van der Waals surface area contributed by atoms with Crippen molar-refractivity contribution in [2.45, 2.75) is 24.8 Å². The quantitative estimate of drug-likeness (QED) is 0.873. The van der Waals surface area contributed by atoms with Crippen LogP contribution in [-0.2, 0) is 4.79 Å². The van der Waals surface area contributed by atoms with E-state index in [0.29, 0.717) is 18.0 Å². The van der Waals surface area contributed by atoms with Gasteiger partial charge in [0.25, 0.3) is 5.91 Å². The van der Waals surface area contributed by atoms with Crippen LogP contribution in [0.5, 0.6) is 0 Å². The van der Waals surface area contributed by atoms with Crippen LogP contribution in [0.2, 0.25) is 0 Å². The number of carbonyl (C=O) groups is 2. The molecule has 1 saturated carbocycles. The Bertz CT molecular complexity index is 546. The summed E-state index contributed by atoms with van der Waals surface area (Å²) in [5.74, 6) is 0.285. The summed E-state index contributed by atoms with van der Waals surface area (Å²) >= 11 is 0. The van der Waals surface area contributed by atoms with Gasteiger partial charge < -0.3 is 16.0 Å². The van der Waals surface area contributed by atoms with E-state index in [2.05, 4.69) is 5.32 Å². The second-order valence-electron chi connectivity index (χ2n) is 6.04. The van der Waals surface area contributed by atoms with E-state index in [-0.39, 0.29) is 24.2 Å². The van der Waals surface area contributed by atoms with Crippen molar-refractivity contribution in [3.63, 3.8) is 0 Å². The van der Waals surface area contributed by atoms with E-state index in [9.17, 15) is 9.59 Å². The summed E-state index contributed by atoms with van der Waals surface area (Å²) in [7, 11) is 0. The molecule has 1 unspecified atom stereocenters. The maximum Gasteiger partial charge on any atom is 0.252 e. The van der Waals surface area contributed by atoms with Crippen LogP contribution in [-0.4, -0.2) is 41.9 Å². The van der Waals surface area contributed by atoms with Crippen LogP contribution in [0.25, 0.3) is 0 Å². The fraction of sp³-hybridized carbons (Fsp3) is 0.500. The smallest absolute Gasteiger partial charge is 0.252 e. The summed E-state index contributed by atoms with van der Waals surface area (Å²) in [5, 5.41) is 2.93. The number of rotatable bonds is 4. The van der Waals surface area contributed by atoms with E-state index in [1.54, 1.807) is 12.1 Å². The minimum atomic E-state index is -0.670. The van der Waals surface area contributed by atoms with Crippen LogP contribution in [0, 0.1) is 5.92 Å². The molecule has 1 aliphatic heterocycles. The molecule has 0 radical (unpaired) electrons. The fourth-order valence-corrected chi connectivity index (χ4v) is 2.91. The van der Waals surface area contributed by atoms with Gasteiger partial charge in [0, 0.05) is 18.7 Å². The second-order valence-corrected chi connectivity index (χ2v) is 6.04. The van der Waals surface area contributed by atoms with Crippen molar-refractivity contribution >= 4 is 24.2 Å². The molecule has 3 N–H and O–H groups in total. The first-order valence-electron chi connectivity index (χ1n) is 7.52. The Morgan fingerprint density at radius 3 is 2.50 bits per heavy atom. The van der Waals surface area contributed by atoms with Gasteiger partial charge in [-0.25, -0.2) is 0 Å². The molecule has 5 nitrogen and oxygen atoms in total. The Morgan fingerprint density at radius 1 is 1.27 bits per heavy atom. The highest BCUT2D eigenvalue weighted by Gasteiger charge is 2.53. The third kappa shape index (κ3) is 3.25. The molecule has 2 aliphatic rings. The normalized spacial score (nSPS) is 21.9. The number of nitrogens with zero attached hydrogens (tertiary/aromatic N) is 1. The van der Waals surface area contributed by atoms with Crippen molar-refractivity contribution in [2.75, 3.05) is 19.6 Å². The van der Waals surface area contributed by atoms with E-state index in [4.69, 9.17) is 5.73 Å². The van der Waals surface area contributed by atoms with Crippen LogP contribution >= 0.6 is 12.4 Å². The monoisotopic (exact) mass is 323 g/mol. The highest BCUT2D eigenvalue weighted by Crippen LogP contribution is 2.38. The van der Waals surface area contributed by atoms with Gasteiger partial charge in [-0.15, -0.1) is 12.4 Å². The molecule has 2 amide bonds. The largest absolute Gasteiger partial charge is 0.340 e. The average molecular weight is 324 g/mol. The standard InChI is InChI=1S/C16H21N3O2.ClH/c17-10-12-6-9-19(11-12)15(21)16(7-8-16)18-14(20)13-4-2-1-3-5-13;/h1-5,12H,6-11,17H2,(H,18,20);1H. The molecule has 120 valence electrons. The molecule has 0 spiro atoms. The molecular formula is C16H22ClN3O2. The topological polar surface area (TPSA) is 75.4 Å². The molecule has 1 aromatic rings. The lowest BCUT2D eigenvalue weighted by atomic mass is 10.1. The van der Waals surface area contributed by atoms with Gasteiger partial charge in [-0.2, -0.15) is 0 Å². The second kappa shape index (κ2) is 6.67. The molecule has 3 rings (SSSR count). The number of carbonyl (C=O) groups excluding carboxylic acids is 2. The van der Waals surface area contributed by atoms with Gasteiger partial charge >= 0.3 is 0 Å². The van der Waals surface area contributed by atoms with Gasteiger partial charge in [0.15, 0.2) is 0 Å². The van der Waals surface area contributed by atoms with Crippen LogP contribution < -0.4 is 11.1 Å². The lowest BCUT2D eigenvalue weighted by Crippen LogP contribution is -2.50. The predicted octanol–water partition coefficient (Wildman–Crippen LogP) is 1.18. The van der Waals surface area contributed by atoms with E-state index in [0.717, 1.165) is 32.4 Å². The number of benzene rings is 1. The lowest BCUT2D eigenvalue weighted by molar-refractivity contribution is -0.133. The number of nitrogens with one attached hydrogen (secondary N) is 1. The van der Waals surface area contributed by atoms with E-state index in [1.165, 1.54) is 0 Å². The maximum absolute atomic E-state index is 12.6. The van der Waals surface area contributed by atoms with Gasteiger partial charge in [0.05, 0.1) is 0 Å². The molecule has 6 heteroatoms. The van der Waals surface area contributed by atoms with Crippen molar-refractivity contribution in [1.29, 1.82) is 0 Å². The Morgan fingerprint density at radius 2 is 1.95 bits per heavy atom. The van der Waals surface area contributed by atoms with Crippen molar-refractivity contribution in [3.05, 3.63) is 35.9 Å². The number of halogens is 1. The minimum absolute atomic E-state index is 0. The Labute approximate surface area is 136 Å². The first-order valence-corrected chi connectivity index (χ1v) is 7.52. The van der Waals surface area contributed by atoms with Crippen molar-refractivity contribution in [2.24, 2.45) is 11.7 Å². The fourth-order valence-electron chi connectivity index (χ4n) is 2.91. The molecule has 1 atom stereocenters. The molecule has 1 heterocycles. The lowest BCUT2D eigenvalue weighted by Gasteiger charge is -2.24. The summed E-state index contributed by atoms with van der Waals surface area (Å²) in [6, 6.07) is 9.03. The first kappa shape index (κ1) is 16.8. The molecule has 0 aromatic heterocycles. The summed E-state index contributed by atoms with van der Waals surface area (Å²) < 4.78 is 0. The summed E-state index contributed by atoms with van der Waals surface area (Å²) in [4.78, 5) is 26.7. The summed E-state index contributed by atoms with van der Waals surface area (Å²) in [6.45, 7) is 2.09. The molecule has 2 fully saturated rings. The zero-order valence-electron chi connectivity index (χ0n) is 12.5. The zero-order chi connectivity index (χ0) is 14.9. The molecule has 0 bridgehead atoms. The Balaban J connectivity index is 0.00000176. The van der Waals surface area contributed by atoms with Crippen molar-refractivity contribution < 1.29 is 9.59 Å². The van der Waals surface area contributed by atoms with Gasteiger partial charge in [0.1, 0.15) is 5.54 Å². The van der Waals surface area contributed by atoms with Crippen LogP contribution in [0.3, 0.4) is 0 Å². The molecule has 1 saturated heterocycles. The van der Waals surface area contributed by atoms with E-state index < -0.39 is 5.54 Å². The van der Waals surface area contributed by atoms with Gasteiger partial charge in [-0.1, -0.05) is 18.2 Å². The third-order valence-corrected chi connectivity index (χ3v) is 4.45. The highest BCUT2D eigenvalue weighted by molar-refractivity contribution is 6.00. The highest BCUT2D eigenvalue weighted by atomic mass is 35.5. The first-order chi connectivity index (χ1) is 10.1. The Hall–Kier alpha value is -1.59. The molecule has 22 heavy (non-hydrogen) atoms. The SMILES string of the molecule is Cl.NCC1CCN(C(=O)C2(NC(=O)c3ccccc3)CC2)C1. The summed E-state index contributed by atoms with van der Waals surface area (Å²) in [5.41, 5.74) is 5.59. The van der Waals surface area contributed by atoms with Crippen LogP contribution in [0.1, 0.15) is 29.6 Å². The van der Waals surface area contributed by atoms with Crippen molar-refractivity contribution in [1.82, 2.24) is 10.2 Å². The maximum atomic E-state index is 12.6.